The molecular formula is C19H24N2OS. The first-order valence-electron chi connectivity index (χ1n) is 8.39. The zero-order valence-electron chi connectivity index (χ0n) is 14.1. The summed E-state index contributed by atoms with van der Waals surface area (Å²) < 4.78 is 0. The quantitative estimate of drug-likeness (QED) is 0.835. The third-order valence-corrected chi connectivity index (χ3v) is 5.58. The van der Waals surface area contributed by atoms with Gasteiger partial charge in [0, 0.05) is 16.9 Å². The van der Waals surface area contributed by atoms with E-state index in [4.69, 9.17) is 0 Å². The van der Waals surface area contributed by atoms with E-state index in [-0.39, 0.29) is 11.8 Å². The summed E-state index contributed by atoms with van der Waals surface area (Å²) in [4.78, 5) is 17.0. The number of aromatic nitrogens is 1. The Kier molecular flexibility index (Phi) is 4.81. The molecule has 0 bridgehead atoms. The van der Waals surface area contributed by atoms with Gasteiger partial charge >= 0.3 is 0 Å². The predicted molar refractivity (Wildman–Crippen MR) is 97.0 cm³/mol. The van der Waals surface area contributed by atoms with E-state index in [0.29, 0.717) is 5.13 Å². The minimum absolute atomic E-state index is 0.141. The predicted octanol–water partition coefficient (Wildman–Crippen LogP) is 5.25. The van der Waals surface area contributed by atoms with Crippen molar-refractivity contribution in [2.45, 2.75) is 52.9 Å². The summed E-state index contributed by atoms with van der Waals surface area (Å²) in [7, 11) is 0. The number of hydrogen-bond donors (Lipinski definition) is 1. The number of nitrogens with one attached hydrogen (secondary N) is 1. The van der Waals surface area contributed by atoms with Crippen LogP contribution in [0.5, 0.6) is 0 Å². The van der Waals surface area contributed by atoms with E-state index in [2.05, 4.69) is 43.2 Å². The molecule has 3 rings (SSSR count). The minimum atomic E-state index is 0.141. The van der Waals surface area contributed by atoms with Crippen LogP contribution in [-0.4, -0.2) is 10.9 Å². The summed E-state index contributed by atoms with van der Waals surface area (Å²) in [5.41, 5.74) is 5.90. The molecular weight excluding hydrogens is 304 g/mol. The molecule has 0 aliphatic heterocycles. The second-order valence-electron chi connectivity index (χ2n) is 6.61. The van der Waals surface area contributed by atoms with E-state index in [1.807, 2.05) is 5.38 Å². The van der Waals surface area contributed by atoms with E-state index >= 15 is 0 Å². The molecule has 1 heterocycles. The van der Waals surface area contributed by atoms with Gasteiger partial charge in [-0.15, -0.1) is 11.3 Å². The average Bonchev–Trinajstić information content (AvgIpc) is 3.00. The zero-order valence-corrected chi connectivity index (χ0v) is 14.9. The van der Waals surface area contributed by atoms with Crippen molar-refractivity contribution in [3.8, 4) is 11.3 Å². The maximum Gasteiger partial charge on any atom is 0.229 e. The maximum atomic E-state index is 12.3. The summed E-state index contributed by atoms with van der Waals surface area (Å²) in [6.45, 7) is 6.36. The van der Waals surface area contributed by atoms with Crippen LogP contribution >= 0.6 is 11.3 Å². The van der Waals surface area contributed by atoms with Gasteiger partial charge in [-0.25, -0.2) is 4.98 Å². The first kappa shape index (κ1) is 16.2. The van der Waals surface area contributed by atoms with E-state index in [1.165, 1.54) is 47.3 Å². The summed E-state index contributed by atoms with van der Waals surface area (Å²) in [5.74, 6) is 0.307. The Hall–Kier alpha value is -1.68. The Balaban J connectivity index is 1.75. The maximum absolute atomic E-state index is 12.3. The molecule has 0 radical (unpaired) electrons. The van der Waals surface area contributed by atoms with Crippen LogP contribution in [-0.2, 0) is 4.79 Å². The lowest BCUT2D eigenvalue weighted by Gasteiger charge is -2.19. The van der Waals surface area contributed by atoms with Crippen molar-refractivity contribution in [2.24, 2.45) is 5.92 Å². The molecule has 0 unspecified atom stereocenters. The first-order chi connectivity index (χ1) is 11.0. The number of hydrogen-bond acceptors (Lipinski definition) is 3. The number of carbonyl (C=O) groups is 1. The van der Waals surface area contributed by atoms with Crippen LogP contribution in [0.1, 0.15) is 48.8 Å². The highest BCUT2D eigenvalue weighted by molar-refractivity contribution is 7.14. The molecule has 23 heavy (non-hydrogen) atoms. The van der Waals surface area contributed by atoms with Crippen LogP contribution < -0.4 is 5.32 Å². The number of amides is 1. The summed E-state index contributed by atoms with van der Waals surface area (Å²) in [5, 5.41) is 5.77. The summed E-state index contributed by atoms with van der Waals surface area (Å²) >= 11 is 1.51. The molecule has 2 aromatic rings. The molecule has 122 valence electrons. The van der Waals surface area contributed by atoms with Crippen LogP contribution in [0.3, 0.4) is 0 Å². The Bertz CT molecular complexity index is 714. The van der Waals surface area contributed by atoms with Crippen LogP contribution in [0.15, 0.2) is 17.5 Å². The molecule has 4 heteroatoms. The van der Waals surface area contributed by atoms with Crippen molar-refractivity contribution in [1.82, 2.24) is 4.98 Å². The third kappa shape index (κ3) is 3.63. The highest BCUT2D eigenvalue weighted by Gasteiger charge is 2.22. The second kappa shape index (κ2) is 6.83. The number of thiazole rings is 1. The largest absolute Gasteiger partial charge is 0.302 e. The number of carbonyl (C=O) groups excluding carboxylic acids is 1. The van der Waals surface area contributed by atoms with Crippen LogP contribution in [0.4, 0.5) is 5.13 Å². The van der Waals surface area contributed by atoms with Gasteiger partial charge in [0.25, 0.3) is 0 Å². The lowest BCUT2D eigenvalue weighted by Crippen LogP contribution is -2.24. The van der Waals surface area contributed by atoms with Crippen LogP contribution in [0.25, 0.3) is 11.3 Å². The molecule has 1 aliphatic carbocycles. The Morgan fingerprint density at radius 2 is 1.78 bits per heavy atom. The topological polar surface area (TPSA) is 42.0 Å². The van der Waals surface area contributed by atoms with Gasteiger partial charge in [0.05, 0.1) is 5.69 Å². The van der Waals surface area contributed by atoms with Gasteiger partial charge in [-0.3, -0.25) is 4.79 Å². The van der Waals surface area contributed by atoms with Gasteiger partial charge in [-0.1, -0.05) is 25.3 Å². The molecule has 3 nitrogen and oxygen atoms in total. The molecule has 1 amide bonds. The van der Waals surface area contributed by atoms with Crippen LogP contribution in [0, 0.1) is 26.7 Å². The second-order valence-corrected chi connectivity index (χ2v) is 7.47. The molecule has 1 aromatic heterocycles. The van der Waals surface area contributed by atoms with Crippen molar-refractivity contribution in [3.63, 3.8) is 0 Å². The number of anilines is 1. The Morgan fingerprint density at radius 1 is 1.09 bits per heavy atom. The number of rotatable bonds is 3. The Labute approximate surface area is 142 Å². The summed E-state index contributed by atoms with van der Waals surface area (Å²) in [6, 6.07) is 4.39. The van der Waals surface area contributed by atoms with Crippen molar-refractivity contribution >= 4 is 22.4 Å². The van der Waals surface area contributed by atoms with E-state index in [9.17, 15) is 4.79 Å². The standard InChI is InChI=1S/C19H24N2OS/c1-12-9-14(3)16(10-13(12)2)17-11-23-19(20-17)21-18(22)15-7-5-4-6-8-15/h9-11,15H,4-8H2,1-3H3,(H,20,21,22). The van der Waals surface area contributed by atoms with Gasteiger partial charge in [-0.05, 0) is 56.4 Å². The molecule has 1 aromatic carbocycles. The van der Waals surface area contributed by atoms with Crippen molar-refractivity contribution in [2.75, 3.05) is 5.32 Å². The highest BCUT2D eigenvalue weighted by Crippen LogP contribution is 2.30. The normalized spacial score (nSPS) is 15.6. The smallest absolute Gasteiger partial charge is 0.229 e. The molecule has 1 N–H and O–H groups in total. The molecule has 0 saturated heterocycles. The lowest BCUT2D eigenvalue weighted by atomic mass is 9.89. The van der Waals surface area contributed by atoms with E-state index in [0.717, 1.165) is 24.1 Å². The molecule has 0 atom stereocenters. The molecule has 1 saturated carbocycles. The number of benzene rings is 1. The van der Waals surface area contributed by atoms with Gasteiger partial charge in [0.15, 0.2) is 5.13 Å². The molecule has 0 spiro atoms. The minimum Gasteiger partial charge on any atom is -0.302 e. The Morgan fingerprint density at radius 3 is 2.52 bits per heavy atom. The zero-order chi connectivity index (χ0) is 16.4. The average molecular weight is 328 g/mol. The van der Waals surface area contributed by atoms with Crippen molar-refractivity contribution in [3.05, 3.63) is 34.2 Å². The fourth-order valence-electron chi connectivity index (χ4n) is 3.26. The molecule has 1 fully saturated rings. The van der Waals surface area contributed by atoms with E-state index < -0.39 is 0 Å². The highest BCUT2D eigenvalue weighted by atomic mass is 32.1. The van der Waals surface area contributed by atoms with Gasteiger partial charge < -0.3 is 5.32 Å². The van der Waals surface area contributed by atoms with Gasteiger partial charge in [0.2, 0.25) is 5.91 Å². The van der Waals surface area contributed by atoms with E-state index in [1.54, 1.807) is 0 Å². The van der Waals surface area contributed by atoms with Crippen molar-refractivity contribution in [1.29, 1.82) is 0 Å². The van der Waals surface area contributed by atoms with Crippen LogP contribution in [0.2, 0.25) is 0 Å². The first-order valence-corrected chi connectivity index (χ1v) is 9.27. The number of aryl methyl sites for hydroxylation is 3. The fraction of sp³-hybridized carbons (Fsp3) is 0.474. The van der Waals surface area contributed by atoms with Gasteiger partial charge in [-0.2, -0.15) is 0 Å². The third-order valence-electron chi connectivity index (χ3n) is 4.83. The SMILES string of the molecule is Cc1cc(C)c(-c2csc(NC(=O)C3CCCCC3)n2)cc1C. The van der Waals surface area contributed by atoms with Crippen molar-refractivity contribution < 1.29 is 4.79 Å². The molecule has 1 aliphatic rings. The number of nitrogens with zero attached hydrogens (tertiary/aromatic N) is 1. The fourth-order valence-corrected chi connectivity index (χ4v) is 3.98. The summed E-state index contributed by atoms with van der Waals surface area (Å²) in [6.07, 6.45) is 5.63. The lowest BCUT2D eigenvalue weighted by molar-refractivity contribution is -0.120. The van der Waals surface area contributed by atoms with Gasteiger partial charge in [0.1, 0.15) is 0 Å². The monoisotopic (exact) mass is 328 g/mol.